The molecular formula is C19H17N3O2. The van der Waals surface area contributed by atoms with Gasteiger partial charge in [-0.1, -0.05) is 66.7 Å². The van der Waals surface area contributed by atoms with Crippen LogP contribution >= 0.6 is 0 Å². The van der Waals surface area contributed by atoms with Crippen molar-refractivity contribution in [3.05, 3.63) is 99.7 Å². The minimum absolute atomic E-state index is 0.148. The zero-order valence-electron chi connectivity index (χ0n) is 13.1. The fourth-order valence-corrected chi connectivity index (χ4v) is 2.49. The van der Waals surface area contributed by atoms with Gasteiger partial charge in [0.2, 0.25) is 0 Å². The second-order valence-corrected chi connectivity index (χ2v) is 5.34. The van der Waals surface area contributed by atoms with Crippen LogP contribution in [0.4, 0.5) is 0 Å². The zero-order chi connectivity index (χ0) is 16.9. The van der Waals surface area contributed by atoms with Crippen molar-refractivity contribution in [3.8, 4) is 11.3 Å². The lowest BCUT2D eigenvalue weighted by atomic mass is 10.2. The average molecular weight is 319 g/mol. The van der Waals surface area contributed by atoms with Crippen LogP contribution in [0, 0.1) is 0 Å². The molecule has 24 heavy (non-hydrogen) atoms. The molecule has 0 radical (unpaired) electrons. The van der Waals surface area contributed by atoms with Gasteiger partial charge in [-0.05, 0) is 5.56 Å². The Kier molecular flexibility index (Phi) is 4.52. The predicted octanol–water partition coefficient (Wildman–Crippen LogP) is 2.31. The van der Waals surface area contributed by atoms with Crippen LogP contribution in [0.15, 0.2) is 82.9 Å². The van der Waals surface area contributed by atoms with E-state index in [-0.39, 0.29) is 12.2 Å². The molecule has 0 aliphatic rings. The molecule has 0 fully saturated rings. The Labute approximate surface area is 139 Å². The summed E-state index contributed by atoms with van der Waals surface area (Å²) in [5.41, 5.74) is 1.03. The Morgan fingerprint density at radius 3 is 2.21 bits per heavy atom. The van der Waals surface area contributed by atoms with Gasteiger partial charge in [-0.25, -0.2) is 9.48 Å². The van der Waals surface area contributed by atoms with Crippen molar-refractivity contribution in [2.24, 2.45) is 0 Å². The topological polar surface area (TPSA) is 56.9 Å². The number of hydrogen-bond donors (Lipinski definition) is 0. The van der Waals surface area contributed by atoms with E-state index in [1.54, 1.807) is 12.1 Å². The summed E-state index contributed by atoms with van der Waals surface area (Å²) in [5, 5.41) is 4.32. The first-order valence-electron chi connectivity index (χ1n) is 7.63. The second kappa shape index (κ2) is 6.91. The fourth-order valence-electron chi connectivity index (χ4n) is 2.49. The van der Waals surface area contributed by atoms with Gasteiger partial charge >= 0.3 is 5.69 Å². The summed E-state index contributed by atoms with van der Waals surface area (Å²) >= 11 is 0. The highest BCUT2D eigenvalue weighted by Crippen LogP contribution is 2.11. The maximum atomic E-state index is 12.6. The van der Waals surface area contributed by atoms with E-state index >= 15 is 0 Å². The normalized spacial score (nSPS) is 10.5. The first kappa shape index (κ1) is 15.7. The minimum Gasteiger partial charge on any atom is -0.267 e. The molecule has 0 N–H and O–H groups in total. The average Bonchev–Trinajstić information content (AvgIpc) is 2.62. The van der Waals surface area contributed by atoms with E-state index in [0.717, 1.165) is 10.1 Å². The van der Waals surface area contributed by atoms with Crippen LogP contribution in [-0.4, -0.2) is 14.3 Å². The number of benzene rings is 2. The van der Waals surface area contributed by atoms with Crippen molar-refractivity contribution < 1.29 is 0 Å². The van der Waals surface area contributed by atoms with Crippen molar-refractivity contribution in [1.29, 1.82) is 0 Å². The monoisotopic (exact) mass is 319 g/mol. The molecule has 0 amide bonds. The van der Waals surface area contributed by atoms with Gasteiger partial charge in [0.1, 0.15) is 0 Å². The second-order valence-electron chi connectivity index (χ2n) is 5.34. The van der Waals surface area contributed by atoms with Gasteiger partial charge in [0.15, 0.2) is 5.69 Å². The zero-order valence-corrected chi connectivity index (χ0v) is 13.1. The molecule has 0 atom stereocenters. The van der Waals surface area contributed by atoms with Crippen LogP contribution in [0.25, 0.3) is 11.3 Å². The number of rotatable bonds is 5. The molecule has 0 aliphatic heterocycles. The Balaban J connectivity index is 2.18. The predicted molar refractivity (Wildman–Crippen MR) is 93.9 cm³/mol. The molecule has 2 aromatic carbocycles. The largest absolute Gasteiger partial charge is 0.348 e. The Morgan fingerprint density at radius 1 is 0.958 bits per heavy atom. The highest BCUT2D eigenvalue weighted by Gasteiger charge is 2.14. The molecule has 1 aromatic heterocycles. The highest BCUT2D eigenvalue weighted by atomic mass is 16.2. The van der Waals surface area contributed by atoms with Crippen LogP contribution in [0.5, 0.6) is 0 Å². The molecule has 0 saturated carbocycles. The summed E-state index contributed by atoms with van der Waals surface area (Å²) in [6.45, 7) is 4.08. The summed E-state index contributed by atoms with van der Waals surface area (Å²) in [4.78, 5) is 25.2. The third kappa shape index (κ3) is 3.10. The van der Waals surface area contributed by atoms with Crippen molar-refractivity contribution in [3.63, 3.8) is 0 Å². The smallest absolute Gasteiger partial charge is 0.267 e. The maximum Gasteiger partial charge on any atom is 0.348 e. The van der Waals surface area contributed by atoms with Gasteiger partial charge in [0, 0.05) is 12.1 Å². The van der Waals surface area contributed by atoms with Gasteiger partial charge < -0.3 is 0 Å². The van der Waals surface area contributed by atoms with Crippen LogP contribution in [-0.2, 0) is 13.1 Å². The maximum absolute atomic E-state index is 12.6. The number of hydrogen-bond acceptors (Lipinski definition) is 3. The third-order valence-corrected chi connectivity index (χ3v) is 3.65. The first-order chi connectivity index (χ1) is 11.7. The summed E-state index contributed by atoms with van der Waals surface area (Å²) in [5.74, 6) is 0. The van der Waals surface area contributed by atoms with Crippen LogP contribution in [0.3, 0.4) is 0 Å². The van der Waals surface area contributed by atoms with E-state index in [9.17, 15) is 9.59 Å². The summed E-state index contributed by atoms with van der Waals surface area (Å²) < 4.78 is 2.48. The Hall–Kier alpha value is -3.21. The van der Waals surface area contributed by atoms with E-state index in [2.05, 4.69) is 11.7 Å². The molecule has 3 rings (SSSR count). The lowest BCUT2D eigenvalue weighted by Gasteiger charge is -2.11. The van der Waals surface area contributed by atoms with Crippen LogP contribution < -0.4 is 11.2 Å². The molecule has 5 nitrogen and oxygen atoms in total. The van der Waals surface area contributed by atoms with E-state index in [1.807, 2.05) is 48.5 Å². The lowest BCUT2D eigenvalue weighted by molar-refractivity contribution is 0.549. The van der Waals surface area contributed by atoms with Gasteiger partial charge in [-0.3, -0.25) is 9.36 Å². The van der Waals surface area contributed by atoms with E-state index in [0.29, 0.717) is 12.1 Å². The van der Waals surface area contributed by atoms with Crippen molar-refractivity contribution in [2.75, 3.05) is 0 Å². The van der Waals surface area contributed by atoms with E-state index in [1.165, 1.54) is 10.8 Å². The summed E-state index contributed by atoms with van der Waals surface area (Å²) in [7, 11) is 0. The standard InChI is InChI=1S/C19H17N3O2/c1-2-13-21-18(23)17(16-11-7-4-8-12-16)20-22(19(21)24)14-15-9-5-3-6-10-15/h2-12H,1,13-14H2. The van der Waals surface area contributed by atoms with Gasteiger partial charge in [-0.2, -0.15) is 5.10 Å². The lowest BCUT2D eigenvalue weighted by Crippen LogP contribution is -2.42. The molecular weight excluding hydrogens is 302 g/mol. The molecule has 5 heteroatoms. The van der Waals surface area contributed by atoms with Crippen molar-refractivity contribution in [1.82, 2.24) is 14.3 Å². The molecule has 120 valence electrons. The van der Waals surface area contributed by atoms with Crippen molar-refractivity contribution >= 4 is 0 Å². The summed E-state index contributed by atoms with van der Waals surface area (Å²) in [6, 6.07) is 18.7. The quantitative estimate of drug-likeness (QED) is 0.678. The third-order valence-electron chi connectivity index (χ3n) is 3.65. The molecule has 3 aromatic rings. The summed E-state index contributed by atoms with van der Waals surface area (Å²) in [6.07, 6.45) is 1.53. The Morgan fingerprint density at radius 2 is 1.58 bits per heavy atom. The molecule has 0 aliphatic carbocycles. The highest BCUT2D eigenvalue weighted by molar-refractivity contribution is 5.57. The van der Waals surface area contributed by atoms with Gasteiger partial charge in [0.25, 0.3) is 5.56 Å². The number of allylic oxidation sites excluding steroid dienone is 1. The van der Waals surface area contributed by atoms with Crippen LogP contribution in [0.2, 0.25) is 0 Å². The number of nitrogens with zero attached hydrogens (tertiary/aromatic N) is 3. The SMILES string of the molecule is C=CCn1c(=O)c(-c2ccccc2)nn(Cc2ccccc2)c1=O. The molecule has 0 unspecified atom stereocenters. The minimum atomic E-state index is -0.441. The molecule has 0 saturated heterocycles. The fraction of sp³-hybridized carbons (Fsp3) is 0.105. The van der Waals surface area contributed by atoms with Gasteiger partial charge in [0.05, 0.1) is 6.54 Å². The molecule has 0 bridgehead atoms. The Bertz CT molecular complexity index is 957. The van der Waals surface area contributed by atoms with Crippen molar-refractivity contribution in [2.45, 2.75) is 13.1 Å². The van der Waals surface area contributed by atoms with Crippen LogP contribution in [0.1, 0.15) is 5.56 Å². The van der Waals surface area contributed by atoms with E-state index in [4.69, 9.17) is 0 Å². The van der Waals surface area contributed by atoms with Gasteiger partial charge in [-0.15, -0.1) is 6.58 Å². The van der Waals surface area contributed by atoms with E-state index < -0.39 is 11.2 Å². The first-order valence-corrected chi connectivity index (χ1v) is 7.63. The molecule has 1 heterocycles. The molecule has 0 spiro atoms. The number of aromatic nitrogens is 3.